The molecule has 0 aliphatic heterocycles. The Kier molecular flexibility index (Phi) is 4.33. The monoisotopic (exact) mass is 269 g/mol. The molecule has 0 atom stereocenters. The molecule has 0 aliphatic rings. The molecular weight excluding hydrogens is 257 g/mol. The van der Waals surface area contributed by atoms with Crippen molar-refractivity contribution >= 4 is 11.6 Å². The summed E-state index contributed by atoms with van der Waals surface area (Å²) in [6.07, 6.45) is 2.22. The summed E-state index contributed by atoms with van der Waals surface area (Å²) in [6.45, 7) is 3.17. The Morgan fingerprint density at radius 3 is 2.94 bits per heavy atom. The third kappa shape index (κ3) is 3.09. The van der Waals surface area contributed by atoms with Gasteiger partial charge in [0.2, 0.25) is 0 Å². The van der Waals surface area contributed by atoms with Gasteiger partial charge in [0, 0.05) is 29.2 Å². The molecule has 5 heteroatoms. The van der Waals surface area contributed by atoms with Crippen molar-refractivity contribution in [3.63, 3.8) is 0 Å². The van der Waals surface area contributed by atoms with E-state index in [0.717, 1.165) is 5.56 Å². The van der Waals surface area contributed by atoms with Crippen molar-refractivity contribution in [3.05, 3.63) is 40.9 Å². The standard InChI is InChI=1S/C13H13ClFNO2/c1-2-17-4-3-9-8-18-16-13(9)10-5-11(14)7-12(15)6-10/h5-8H,2-4H2,1H3. The smallest absolute Gasteiger partial charge is 0.127 e. The third-order valence-electron chi connectivity index (χ3n) is 2.50. The Bertz CT molecular complexity index is 507. The molecule has 0 aliphatic carbocycles. The van der Waals surface area contributed by atoms with Crippen molar-refractivity contribution in [2.75, 3.05) is 13.2 Å². The molecule has 0 N–H and O–H groups in total. The van der Waals surface area contributed by atoms with E-state index in [1.54, 1.807) is 12.3 Å². The molecule has 1 aromatic carbocycles. The van der Waals surface area contributed by atoms with E-state index in [4.69, 9.17) is 20.9 Å². The van der Waals surface area contributed by atoms with Gasteiger partial charge >= 0.3 is 0 Å². The molecule has 0 saturated heterocycles. The van der Waals surface area contributed by atoms with Crippen LogP contribution in [0.15, 0.2) is 29.0 Å². The number of benzene rings is 1. The van der Waals surface area contributed by atoms with Gasteiger partial charge in [-0.3, -0.25) is 0 Å². The van der Waals surface area contributed by atoms with Gasteiger partial charge in [0.25, 0.3) is 0 Å². The normalized spacial score (nSPS) is 10.8. The maximum absolute atomic E-state index is 13.3. The third-order valence-corrected chi connectivity index (χ3v) is 2.72. The van der Waals surface area contributed by atoms with Crippen LogP contribution >= 0.6 is 11.6 Å². The molecule has 0 unspecified atom stereocenters. The minimum Gasteiger partial charge on any atom is -0.381 e. The first-order valence-corrected chi connectivity index (χ1v) is 6.06. The molecule has 18 heavy (non-hydrogen) atoms. The summed E-state index contributed by atoms with van der Waals surface area (Å²) in [5, 5.41) is 4.23. The minimum absolute atomic E-state index is 0.337. The van der Waals surface area contributed by atoms with Gasteiger partial charge in [-0.1, -0.05) is 16.8 Å². The summed E-state index contributed by atoms with van der Waals surface area (Å²) >= 11 is 5.82. The van der Waals surface area contributed by atoms with Crippen LogP contribution in [-0.2, 0) is 11.2 Å². The van der Waals surface area contributed by atoms with E-state index in [2.05, 4.69) is 5.16 Å². The number of rotatable bonds is 5. The SMILES string of the molecule is CCOCCc1conc1-c1cc(F)cc(Cl)c1. The zero-order valence-corrected chi connectivity index (χ0v) is 10.7. The average molecular weight is 270 g/mol. The number of halogens is 2. The lowest BCUT2D eigenvalue weighted by molar-refractivity contribution is 0.151. The summed E-state index contributed by atoms with van der Waals surface area (Å²) in [7, 11) is 0. The summed E-state index contributed by atoms with van der Waals surface area (Å²) in [6, 6.07) is 4.30. The van der Waals surface area contributed by atoms with Crippen LogP contribution in [-0.4, -0.2) is 18.4 Å². The summed E-state index contributed by atoms with van der Waals surface area (Å²) < 4.78 is 23.5. The Hall–Kier alpha value is -1.39. The van der Waals surface area contributed by atoms with Gasteiger partial charge in [-0.05, 0) is 25.1 Å². The van der Waals surface area contributed by atoms with Crippen molar-refractivity contribution in [2.45, 2.75) is 13.3 Å². The van der Waals surface area contributed by atoms with E-state index in [-0.39, 0.29) is 0 Å². The van der Waals surface area contributed by atoms with Crippen LogP contribution in [0.3, 0.4) is 0 Å². The van der Waals surface area contributed by atoms with Crippen LogP contribution in [0.2, 0.25) is 5.02 Å². The lowest BCUT2D eigenvalue weighted by atomic mass is 10.1. The van der Waals surface area contributed by atoms with Crippen LogP contribution in [0.1, 0.15) is 12.5 Å². The molecule has 96 valence electrons. The second kappa shape index (κ2) is 5.98. The van der Waals surface area contributed by atoms with Crippen LogP contribution < -0.4 is 0 Å². The molecule has 3 nitrogen and oxygen atoms in total. The van der Waals surface area contributed by atoms with E-state index < -0.39 is 5.82 Å². The van der Waals surface area contributed by atoms with E-state index in [1.165, 1.54) is 12.1 Å². The van der Waals surface area contributed by atoms with E-state index >= 15 is 0 Å². The minimum atomic E-state index is -0.392. The molecule has 1 heterocycles. The van der Waals surface area contributed by atoms with Gasteiger partial charge in [-0.15, -0.1) is 0 Å². The van der Waals surface area contributed by atoms with Crippen LogP contribution in [0.5, 0.6) is 0 Å². The topological polar surface area (TPSA) is 35.3 Å². The van der Waals surface area contributed by atoms with Gasteiger partial charge < -0.3 is 9.26 Å². The summed E-state index contributed by atoms with van der Waals surface area (Å²) in [5.41, 5.74) is 2.10. The van der Waals surface area contributed by atoms with Gasteiger partial charge in [0.15, 0.2) is 0 Å². The fourth-order valence-corrected chi connectivity index (χ4v) is 1.91. The number of hydrogen-bond acceptors (Lipinski definition) is 3. The zero-order valence-electron chi connectivity index (χ0n) is 9.95. The largest absolute Gasteiger partial charge is 0.381 e. The quantitative estimate of drug-likeness (QED) is 0.776. The maximum Gasteiger partial charge on any atom is 0.127 e. The molecule has 0 radical (unpaired) electrons. The van der Waals surface area contributed by atoms with Gasteiger partial charge in [0.1, 0.15) is 17.8 Å². The Labute approximate surface area is 109 Å². The van der Waals surface area contributed by atoms with Crippen molar-refractivity contribution in [1.82, 2.24) is 5.16 Å². The zero-order chi connectivity index (χ0) is 13.0. The molecule has 0 bridgehead atoms. The highest BCUT2D eigenvalue weighted by molar-refractivity contribution is 6.30. The lowest BCUT2D eigenvalue weighted by Crippen LogP contribution is -1.98. The number of nitrogens with zero attached hydrogens (tertiary/aromatic N) is 1. The van der Waals surface area contributed by atoms with Crippen molar-refractivity contribution < 1.29 is 13.7 Å². The molecule has 2 aromatic rings. The van der Waals surface area contributed by atoms with E-state index in [9.17, 15) is 4.39 Å². The van der Waals surface area contributed by atoms with Crippen LogP contribution in [0.4, 0.5) is 4.39 Å². The molecule has 0 fully saturated rings. The molecule has 2 rings (SSSR count). The highest BCUT2D eigenvalue weighted by Gasteiger charge is 2.11. The van der Waals surface area contributed by atoms with Crippen LogP contribution in [0, 0.1) is 5.82 Å². The molecule has 0 spiro atoms. The Morgan fingerprint density at radius 1 is 1.39 bits per heavy atom. The highest BCUT2D eigenvalue weighted by Crippen LogP contribution is 2.26. The Balaban J connectivity index is 2.24. The first-order valence-electron chi connectivity index (χ1n) is 5.68. The van der Waals surface area contributed by atoms with Crippen molar-refractivity contribution in [2.24, 2.45) is 0 Å². The second-order valence-corrected chi connectivity index (χ2v) is 4.23. The summed E-state index contributed by atoms with van der Waals surface area (Å²) in [4.78, 5) is 0. The fourth-order valence-electron chi connectivity index (χ4n) is 1.69. The second-order valence-electron chi connectivity index (χ2n) is 3.79. The highest BCUT2D eigenvalue weighted by atomic mass is 35.5. The van der Waals surface area contributed by atoms with Gasteiger partial charge in [-0.2, -0.15) is 0 Å². The predicted molar refractivity (Wildman–Crippen MR) is 67.1 cm³/mol. The fraction of sp³-hybridized carbons (Fsp3) is 0.308. The number of aromatic nitrogens is 1. The maximum atomic E-state index is 13.3. The van der Waals surface area contributed by atoms with E-state index in [0.29, 0.717) is 35.9 Å². The number of hydrogen-bond donors (Lipinski definition) is 0. The van der Waals surface area contributed by atoms with Gasteiger partial charge in [0.05, 0.1) is 6.61 Å². The first-order chi connectivity index (χ1) is 8.70. The van der Waals surface area contributed by atoms with Crippen LogP contribution in [0.25, 0.3) is 11.3 Å². The molecular formula is C13H13ClFNO2. The summed E-state index contributed by atoms with van der Waals surface area (Å²) in [5.74, 6) is -0.392. The first kappa shape index (κ1) is 13.1. The molecule has 0 saturated carbocycles. The molecule has 1 aromatic heterocycles. The van der Waals surface area contributed by atoms with E-state index in [1.807, 2.05) is 6.92 Å². The average Bonchev–Trinajstić information content (AvgIpc) is 2.76. The molecule has 0 amide bonds. The van der Waals surface area contributed by atoms with Gasteiger partial charge in [-0.25, -0.2) is 4.39 Å². The number of ether oxygens (including phenoxy) is 1. The van der Waals surface area contributed by atoms with Crippen molar-refractivity contribution in [3.8, 4) is 11.3 Å². The lowest BCUT2D eigenvalue weighted by Gasteiger charge is -2.03. The Morgan fingerprint density at radius 2 is 2.22 bits per heavy atom. The predicted octanol–water partition coefficient (Wildman–Crippen LogP) is 3.71. The van der Waals surface area contributed by atoms with Crippen molar-refractivity contribution in [1.29, 1.82) is 0 Å².